The number of aryl methyl sites for hydroxylation is 2. The molecular formula is C19H23N3OS. The monoisotopic (exact) mass is 341 g/mol. The minimum atomic E-state index is -0.0816. The Morgan fingerprint density at radius 2 is 1.67 bits per heavy atom. The fourth-order valence-corrected chi connectivity index (χ4v) is 2.70. The van der Waals surface area contributed by atoms with Gasteiger partial charge in [-0.05, 0) is 67.0 Å². The summed E-state index contributed by atoms with van der Waals surface area (Å²) in [5.74, 6) is -0.0816. The number of hydrogen-bond acceptors (Lipinski definition) is 2. The maximum absolute atomic E-state index is 11.6. The normalized spacial score (nSPS) is 10.2. The Balaban J connectivity index is 1.99. The third-order valence-corrected chi connectivity index (χ3v) is 4.10. The molecule has 0 radical (unpaired) electrons. The summed E-state index contributed by atoms with van der Waals surface area (Å²) in [6.07, 6.45) is 0. The summed E-state index contributed by atoms with van der Waals surface area (Å²) < 4.78 is 0. The van der Waals surface area contributed by atoms with Gasteiger partial charge in [0.1, 0.15) is 0 Å². The zero-order valence-corrected chi connectivity index (χ0v) is 15.3. The first-order valence-electron chi connectivity index (χ1n) is 7.80. The fourth-order valence-electron chi connectivity index (χ4n) is 2.52. The number of anilines is 1. The van der Waals surface area contributed by atoms with E-state index in [1.54, 1.807) is 7.05 Å². The van der Waals surface area contributed by atoms with E-state index in [0.29, 0.717) is 17.2 Å². The molecule has 126 valence electrons. The van der Waals surface area contributed by atoms with Crippen LogP contribution in [0.3, 0.4) is 0 Å². The molecule has 2 N–H and O–H groups in total. The van der Waals surface area contributed by atoms with Crippen molar-refractivity contribution >= 4 is 28.9 Å². The molecule has 0 atom stereocenters. The van der Waals surface area contributed by atoms with Crippen LogP contribution in [-0.2, 0) is 6.54 Å². The van der Waals surface area contributed by atoms with Gasteiger partial charge < -0.3 is 15.5 Å². The molecule has 2 aromatic carbocycles. The van der Waals surface area contributed by atoms with Crippen LogP contribution in [0, 0.1) is 13.8 Å². The standard InChI is InChI=1S/C19H23N3OS/c1-13-9-14(2)11-17(10-13)21-19(24)22(4)12-15-5-7-16(8-6-15)18(23)20-3/h5-11H,12H2,1-4H3,(H,20,23)(H,21,24). The van der Waals surface area contributed by atoms with Crippen molar-refractivity contribution in [1.29, 1.82) is 0 Å². The summed E-state index contributed by atoms with van der Waals surface area (Å²) >= 11 is 5.48. The smallest absolute Gasteiger partial charge is 0.251 e. The van der Waals surface area contributed by atoms with Crippen LogP contribution in [0.15, 0.2) is 42.5 Å². The second-order valence-electron chi connectivity index (χ2n) is 5.94. The van der Waals surface area contributed by atoms with E-state index >= 15 is 0 Å². The van der Waals surface area contributed by atoms with Crippen molar-refractivity contribution in [3.63, 3.8) is 0 Å². The maximum Gasteiger partial charge on any atom is 0.251 e. The topological polar surface area (TPSA) is 44.4 Å². The highest BCUT2D eigenvalue weighted by molar-refractivity contribution is 7.80. The van der Waals surface area contributed by atoms with Crippen LogP contribution < -0.4 is 10.6 Å². The molecule has 1 amide bonds. The van der Waals surface area contributed by atoms with Crippen LogP contribution in [0.5, 0.6) is 0 Å². The lowest BCUT2D eigenvalue weighted by atomic mass is 10.1. The van der Waals surface area contributed by atoms with Gasteiger partial charge in [0.25, 0.3) is 5.91 Å². The molecule has 0 aliphatic heterocycles. The van der Waals surface area contributed by atoms with Crippen molar-refractivity contribution in [2.45, 2.75) is 20.4 Å². The number of amides is 1. The van der Waals surface area contributed by atoms with Gasteiger partial charge in [-0.3, -0.25) is 4.79 Å². The van der Waals surface area contributed by atoms with Crippen molar-refractivity contribution in [2.24, 2.45) is 0 Å². The van der Waals surface area contributed by atoms with Crippen LogP contribution in [0.4, 0.5) is 5.69 Å². The van der Waals surface area contributed by atoms with Crippen LogP contribution in [-0.4, -0.2) is 30.0 Å². The predicted molar refractivity (Wildman–Crippen MR) is 103 cm³/mol. The number of hydrogen-bond donors (Lipinski definition) is 2. The molecule has 2 aromatic rings. The molecule has 24 heavy (non-hydrogen) atoms. The molecule has 0 aliphatic rings. The highest BCUT2D eigenvalue weighted by atomic mass is 32.1. The van der Waals surface area contributed by atoms with Crippen molar-refractivity contribution in [3.8, 4) is 0 Å². The molecule has 0 spiro atoms. The summed E-state index contributed by atoms with van der Waals surface area (Å²) in [5.41, 5.74) is 5.15. The van der Waals surface area contributed by atoms with Crippen LogP contribution in [0.2, 0.25) is 0 Å². The molecule has 2 rings (SSSR count). The molecule has 0 aliphatic carbocycles. The number of thiocarbonyl (C=S) groups is 1. The van der Waals surface area contributed by atoms with Gasteiger partial charge in [-0.1, -0.05) is 18.2 Å². The van der Waals surface area contributed by atoms with Gasteiger partial charge in [0, 0.05) is 31.9 Å². The molecule has 0 saturated carbocycles. The molecule has 0 heterocycles. The minimum Gasteiger partial charge on any atom is -0.355 e. The average Bonchev–Trinajstić information content (AvgIpc) is 2.53. The van der Waals surface area contributed by atoms with Crippen molar-refractivity contribution in [2.75, 3.05) is 19.4 Å². The van der Waals surface area contributed by atoms with E-state index in [4.69, 9.17) is 12.2 Å². The Bertz CT molecular complexity index is 721. The number of rotatable bonds is 4. The van der Waals surface area contributed by atoms with E-state index in [0.717, 1.165) is 11.3 Å². The van der Waals surface area contributed by atoms with Gasteiger partial charge in [0.15, 0.2) is 5.11 Å². The van der Waals surface area contributed by atoms with E-state index in [2.05, 4.69) is 42.7 Å². The van der Waals surface area contributed by atoms with Gasteiger partial charge in [-0.15, -0.1) is 0 Å². The van der Waals surface area contributed by atoms with E-state index in [-0.39, 0.29) is 5.91 Å². The van der Waals surface area contributed by atoms with Gasteiger partial charge in [-0.25, -0.2) is 0 Å². The number of carbonyl (C=O) groups is 1. The van der Waals surface area contributed by atoms with Crippen molar-refractivity contribution < 1.29 is 4.79 Å². The number of carbonyl (C=O) groups excluding carboxylic acids is 1. The molecule has 0 saturated heterocycles. The predicted octanol–water partition coefficient (Wildman–Crippen LogP) is 3.49. The SMILES string of the molecule is CNC(=O)c1ccc(CN(C)C(=S)Nc2cc(C)cc(C)c2)cc1. The summed E-state index contributed by atoms with van der Waals surface area (Å²) in [4.78, 5) is 13.5. The van der Waals surface area contributed by atoms with Crippen molar-refractivity contribution in [1.82, 2.24) is 10.2 Å². The second-order valence-corrected chi connectivity index (χ2v) is 6.33. The Labute approximate surface area is 148 Å². The van der Waals surface area contributed by atoms with Gasteiger partial charge >= 0.3 is 0 Å². The summed E-state index contributed by atoms with van der Waals surface area (Å²) in [6, 6.07) is 13.8. The highest BCUT2D eigenvalue weighted by Gasteiger charge is 2.08. The molecule has 0 unspecified atom stereocenters. The first kappa shape index (κ1) is 17.9. The molecular weight excluding hydrogens is 318 g/mol. The van der Waals surface area contributed by atoms with E-state index < -0.39 is 0 Å². The number of nitrogens with one attached hydrogen (secondary N) is 2. The molecule has 5 heteroatoms. The zero-order chi connectivity index (χ0) is 17.7. The lowest BCUT2D eigenvalue weighted by Crippen LogP contribution is -2.30. The van der Waals surface area contributed by atoms with E-state index in [1.807, 2.05) is 36.2 Å². The maximum atomic E-state index is 11.6. The third-order valence-electron chi connectivity index (χ3n) is 3.68. The summed E-state index contributed by atoms with van der Waals surface area (Å²) in [5, 5.41) is 6.55. The minimum absolute atomic E-state index is 0.0816. The summed E-state index contributed by atoms with van der Waals surface area (Å²) in [6.45, 7) is 4.81. The molecule has 0 fully saturated rings. The zero-order valence-electron chi connectivity index (χ0n) is 14.5. The van der Waals surface area contributed by atoms with E-state index in [1.165, 1.54) is 11.1 Å². The molecule has 4 nitrogen and oxygen atoms in total. The van der Waals surface area contributed by atoms with Crippen molar-refractivity contribution in [3.05, 3.63) is 64.7 Å². The lowest BCUT2D eigenvalue weighted by Gasteiger charge is -2.21. The van der Waals surface area contributed by atoms with Crippen LogP contribution in [0.1, 0.15) is 27.0 Å². The number of nitrogens with zero attached hydrogens (tertiary/aromatic N) is 1. The average molecular weight is 341 g/mol. The van der Waals surface area contributed by atoms with Gasteiger partial charge in [-0.2, -0.15) is 0 Å². The Morgan fingerprint density at radius 1 is 1.08 bits per heavy atom. The lowest BCUT2D eigenvalue weighted by molar-refractivity contribution is 0.0963. The van der Waals surface area contributed by atoms with E-state index in [9.17, 15) is 4.79 Å². The highest BCUT2D eigenvalue weighted by Crippen LogP contribution is 2.15. The van der Waals surface area contributed by atoms with Gasteiger partial charge in [0.2, 0.25) is 0 Å². The molecule has 0 aromatic heterocycles. The summed E-state index contributed by atoms with van der Waals surface area (Å²) in [7, 11) is 3.58. The fraction of sp³-hybridized carbons (Fsp3) is 0.263. The second kappa shape index (κ2) is 7.93. The first-order chi connectivity index (χ1) is 11.4. The van der Waals surface area contributed by atoms with Crippen LogP contribution in [0.25, 0.3) is 0 Å². The van der Waals surface area contributed by atoms with Gasteiger partial charge in [0.05, 0.1) is 0 Å². The Hall–Kier alpha value is -2.40. The quantitative estimate of drug-likeness (QED) is 0.836. The molecule has 0 bridgehead atoms. The third kappa shape index (κ3) is 4.80. The Morgan fingerprint density at radius 3 is 2.21 bits per heavy atom. The Kier molecular flexibility index (Phi) is 5.93. The largest absolute Gasteiger partial charge is 0.355 e. The van der Waals surface area contributed by atoms with Crippen LogP contribution >= 0.6 is 12.2 Å². The first-order valence-corrected chi connectivity index (χ1v) is 8.21. The number of benzene rings is 2.